The molecule has 6 heteroatoms. The molecule has 2 rings (SSSR count). The van der Waals surface area contributed by atoms with Crippen molar-refractivity contribution in [3.63, 3.8) is 0 Å². The van der Waals surface area contributed by atoms with Gasteiger partial charge in [-0.2, -0.15) is 4.31 Å². The van der Waals surface area contributed by atoms with Crippen LogP contribution in [0.5, 0.6) is 0 Å². The molecule has 1 heterocycles. The Labute approximate surface area is 127 Å². The number of hydrogen-bond acceptors (Lipinski definition) is 4. The highest BCUT2D eigenvalue weighted by atomic mass is 32.2. The van der Waals surface area contributed by atoms with E-state index in [4.69, 9.17) is 10.5 Å². The second-order valence-electron chi connectivity index (χ2n) is 5.75. The van der Waals surface area contributed by atoms with Crippen molar-refractivity contribution in [1.82, 2.24) is 4.31 Å². The van der Waals surface area contributed by atoms with Crippen LogP contribution in [0.4, 0.5) is 5.69 Å². The summed E-state index contributed by atoms with van der Waals surface area (Å²) in [4.78, 5) is 0.264. The number of hydrogen-bond donors (Lipinski definition) is 1. The molecule has 0 aromatic heterocycles. The van der Waals surface area contributed by atoms with Crippen LogP contribution in [0.1, 0.15) is 24.0 Å². The molecular weight excluding hydrogens is 288 g/mol. The Balaban J connectivity index is 2.36. The number of nitrogens with two attached hydrogens (primary N) is 1. The second kappa shape index (κ2) is 6.34. The molecule has 5 nitrogen and oxygen atoms in total. The highest BCUT2D eigenvalue weighted by Gasteiger charge is 2.32. The van der Waals surface area contributed by atoms with E-state index in [0.29, 0.717) is 25.4 Å². The first-order chi connectivity index (χ1) is 9.87. The molecule has 1 unspecified atom stereocenters. The van der Waals surface area contributed by atoms with Gasteiger partial charge in [-0.25, -0.2) is 8.42 Å². The second-order valence-corrected chi connectivity index (χ2v) is 7.63. The molecule has 0 saturated carbocycles. The first-order valence-corrected chi connectivity index (χ1v) is 8.66. The highest BCUT2D eigenvalue weighted by molar-refractivity contribution is 7.89. The van der Waals surface area contributed by atoms with Gasteiger partial charge in [-0.05, 0) is 49.8 Å². The van der Waals surface area contributed by atoms with Crippen LogP contribution in [-0.2, 0) is 14.8 Å². The normalized spacial score (nSPS) is 20.6. The van der Waals surface area contributed by atoms with Gasteiger partial charge in [0.15, 0.2) is 0 Å². The minimum absolute atomic E-state index is 0.255. The quantitative estimate of drug-likeness (QED) is 0.862. The molecule has 1 fully saturated rings. The molecule has 0 radical (unpaired) electrons. The number of nitrogens with zero attached hydrogens (tertiary/aromatic N) is 1. The van der Waals surface area contributed by atoms with E-state index < -0.39 is 10.0 Å². The molecule has 1 aromatic rings. The average molecular weight is 312 g/mol. The third-order valence-electron chi connectivity index (χ3n) is 4.19. The molecule has 1 aliphatic heterocycles. The summed E-state index contributed by atoms with van der Waals surface area (Å²) < 4.78 is 32.6. The van der Waals surface area contributed by atoms with Gasteiger partial charge in [-0.1, -0.05) is 6.07 Å². The van der Waals surface area contributed by atoms with Crippen LogP contribution in [-0.4, -0.2) is 39.5 Å². The first kappa shape index (κ1) is 16.3. The summed E-state index contributed by atoms with van der Waals surface area (Å²) in [7, 11) is -1.90. The Bertz CT molecular complexity index is 612. The van der Waals surface area contributed by atoms with Gasteiger partial charge in [0.05, 0.1) is 12.3 Å². The molecule has 1 atom stereocenters. The van der Waals surface area contributed by atoms with Crippen LogP contribution in [0.3, 0.4) is 0 Å². The topological polar surface area (TPSA) is 72.6 Å². The number of piperidine rings is 1. The molecule has 2 N–H and O–H groups in total. The summed E-state index contributed by atoms with van der Waals surface area (Å²) in [6.07, 6.45) is 1.86. The van der Waals surface area contributed by atoms with E-state index in [9.17, 15) is 8.42 Å². The predicted molar refractivity (Wildman–Crippen MR) is 83.7 cm³/mol. The van der Waals surface area contributed by atoms with Crippen LogP contribution in [0.25, 0.3) is 0 Å². The van der Waals surface area contributed by atoms with Crippen molar-refractivity contribution in [2.75, 3.05) is 32.5 Å². The predicted octanol–water partition coefficient (Wildman–Crippen LogP) is 1.93. The van der Waals surface area contributed by atoms with Crippen molar-refractivity contribution in [2.24, 2.45) is 5.92 Å². The lowest BCUT2D eigenvalue weighted by molar-refractivity contribution is 0.118. The molecule has 0 aliphatic carbocycles. The molecule has 0 bridgehead atoms. The van der Waals surface area contributed by atoms with Gasteiger partial charge in [-0.15, -0.1) is 0 Å². The minimum Gasteiger partial charge on any atom is -0.398 e. The zero-order valence-corrected chi connectivity index (χ0v) is 13.7. The average Bonchev–Trinajstić information content (AvgIpc) is 2.44. The Morgan fingerprint density at radius 1 is 1.38 bits per heavy atom. The van der Waals surface area contributed by atoms with Gasteiger partial charge >= 0.3 is 0 Å². The zero-order valence-electron chi connectivity index (χ0n) is 12.9. The van der Waals surface area contributed by atoms with Crippen LogP contribution in [0.2, 0.25) is 0 Å². The van der Waals surface area contributed by atoms with Crippen molar-refractivity contribution >= 4 is 15.7 Å². The Kier molecular flexibility index (Phi) is 4.91. The standard InChI is InChI=1S/C15H24N2O3S/c1-11-6-7-14(16)15(12(11)2)21(18,19)17-8-4-5-13(9-17)10-20-3/h6-7,13H,4-5,8-10,16H2,1-3H3. The van der Waals surface area contributed by atoms with E-state index in [2.05, 4.69) is 0 Å². The number of nitrogen functional groups attached to an aromatic ring is 1. The van der Waals surface area contributed by atoms with Crippen LogP contribution < -0.4 is 5.73 Å². The maximum Gasteiger partial charge on any atom is 0.245 e. The fourth-order valence-corrected chi connectivity index (χ4v) is 4.85. The fraction of sp³-hybridized carbons (Fsp3) is 0.600. The monoisotopic (exact) mass is 312 g/mol. The molecule has 118 valence electrons. The Morgan fingerprint density at radius 2 is 2.10 bits per heavy atom. The Hall–Kier alpha value is -1.11. The van der Waals surface area contributed by atoms with Crippen molar-refractivity contribution in [2.45, 2.75) is 31.6 Å². The lowest BCUT2D eigenvalue weighted by Gasteiger charge is -2.32. The summed E-state index contributed by atoms with van der Waals surface area (Å²) in [6.45, 7) is 5.36. The largest absolute Gasteiger partial charge is 0.398 e. The number of methoxy groups -OCH3 is 1. The number of sulfonamides is 1. The molecule has 0 spiro atoms. The van der Waals surface area contributed by atoms with E-state index in [0.717, 1.165) is 24.0 Å². The number of benzene rings is 1. The zero-order chi connectivity index (χ0) is 15.6. The lowest BCUT2D eigenvalue weighted by atomic mass is 10.0. The van der Waals surface area contributed by atoms with Gasteiger partial charge in [0.1, 0.15) is 4.90 Å². The third kappa shape index (κ3) is 3.22. The summed E-state index contributed by atoms with van der Waals surface area (Å²) in [5.41, 5.74) is 7.95. The van der Waals surface area contributed by atoms with E-state index in [-0.39, 0.29) is 10.8 Å². The van der Waals surface area contributed by atoms with Crippen LogP contribution in [0, 0.1) is 19.8 Å². The number of anilines is 1. The van der Waals surface area contributed by atoms with Crippen molar-refractivity contribution in [3.8, 4) is 0 Å². The number of ether oxygens (including phenoxy) is 1. The molecule has 1 aromatic carbocycles. The maximum absolute atomic E-state index is 12.9. The number of rotatable bonds is 4. The smallest absolute Gasteiger partial charge is 0.245 e. The van der Waals surface area contributed by atoms with Gasteiger partial charge < -0.3 is 10.5 Å². The van der Waals surface area contributed by atoms with E-state index in [1.807, 2.05) is 19.9 Å². The fourth-order valence-electron chi connectivity index (χ4n) is 2.90. The van der Waals surface area contributed by atoms with Crippen molar-refractivity contribution in [1.29, 1.82) is 0 Å². The van der Waals surface area contributed by atoms with Gasteiger partial charge in [-0.3, -0.25) is 0 Å². The molecule has 1 aliphatic rings. The highest BCUT2D eigenvalue weighted by Crippen LogP contribution is 2.30. The third-order valence-corrected chi connectivity index (χ3v) is 6.26. The minimum atomic E-state index is -3.54. The van der Waals surface area contributed by atoms with E-state index in [1.54, 1.807) is 17.5 Å². The lowest BCUT2D eigenvalue weighted by Crippen LogP contribution is -2.41. The summed E-state index contributed by atoms with van der Waals surface area (Å²) >= 11 is 0. The van der Waals surface area contributed by atoms with Gasteiger partial charge in [0.25, 0.3) is 0 Å². The molecule has 1 saturated heterocycles. The SMILES string of the molecule is COCC1CCCN(S(=O)(=O)c2c(N)ccc(C)c2C)C1. The summed E-state index contributed by atoms with van der Waals surface area (Å²) in [5.74, 6) is 0.255. The first-order valence-electron chi connectivity index (χ1n) is 7.22. The van der Waals surface area contributed by atoms with Crippen LogP contribution in [0.15, 0.2) is 17.0 Å². The molecule has 21 heavy (non-hydrogen) atoms. The summed E-state index contributed by atoms with van der Waals surface area (Å²) in [6, 6.07) is 3.53. The summed E-state index contributed by atoms with van der Waals surface area (Å²) in [5, 5.41) is 0. The maximum atomic E-state index is 12.9. The number of aryl methyl sites for hydroxylation is 1. The van der Waals surface area contributed by atoms with Gasteiger partial charge in [0, 0.05) is 20.2 Å². The van der Waals surface area contributed by atoms with Crippen molar-refractivity contribution < 1.29 is 13.2 Å². The van der Waals surface area contributed by atoms with Crippen molar-refractivity contribution in [3.05, 3.63) is 23.3 Å². The van der Waals surface area contributed by atoms with E-state index >= 15 is 0 Å². The van der Waals surface area contributed by atoms with E-state index in [1.165, 1.54) is 0 Å². The Morgan fingerprint density at radius 3 is 2.76 bits per heavy atom. The molecular formula is C15H24N2O3S. The van der Waals surface area contributed by atoms with Gasteiger partial charge in [0.2, 0.25) is 10.0 Å². The van der Waals surface area contributed by atoms with Crippen LogP contribution >= 0.6 is 0 Å². The molecule has 0 amide bonds.